The minimum absolute atomic E-state index is 1.08. The number of hydrogen-bond acceptors (Lipinski definition) is 2. The van der Waals surface area contributed by atoms with Crippen molar-refractivity contribution in [3.8, 4) is 22.3 Å². The lowest BCUT2D eigenvalue weighted by atomic mass is 9.93. The number of rotatable bonds is 8. The maximum absolute atomic E-state index is 2.40. The molecule has 0 spiro atoms. The standard InChI is InChI=1S/C58H40N2/c1-2-17-45(18-3-1)57-34-33-56(60(54-31-27-43-15-6-10-21-48(43)37-54)55-32-28-44-16-7-11-22-49(44)38-55)40-58(57)50-23-12-24-51(39-50)59(52-29-25-41-13-4-8-19-46(41)35-52)53-30-26-42-14-5-9-20-47(42)36-53/h1-40H. The van der Waals surface area contributed by atoms with Gasteiger partial charge >= 0.3 is 0 Å². The molecule has 60 heavy (non-hydrogen) atoms. The summed E-state index contributed by atoms with van der Waals surface area (Å²) in [4.78, 5) is 4.79. The van der Waals surface area contributed by atoms with Gasteiger partial charge in [-0.1, -0.05) is 170 Å². The van der Waals surface area contributed by atoms with Crippen LogP contribution < -0.4 is 9.80 Å². The van der Waals surface area contributed by atoms with E-state index in [1.54, 1.807) is 0 Å². The third-order valence-corrected chi connectivity index (χ3v) is 11.7. The lowest BCUT2D eigenvalue weighted by Crippen LogP contribution is -2.11. The predicted molar refractivity (Wildman–Crippen MR) is 257 cm³/mol. The molecule has 2 nitrogen and oxygen atoms in total. The summed E-state index contributed by atoms with van der Waals surface area (Å²) in [5, 5.41) is 9.71. The van der Waals surface area contributed by atoms with Crippen molar-refractivity contribution in [1.82, 2.24) is 0 Å². The van der Waals surface area contributed by atoms with Crippen molar-refractivity contribution >= 4 is 77.2 Å². The highest BCUT2D eigenvalue weighted by atomic mass is 15.1. The van der Waals surface area contributed by atoms with Crippen molar-refractivity contribution in [1.29, 1.82) is 0 Å². The SMILES string of the molecule is c1ccc(-c2ccc(N(c3ccc4ccccc4c3)c3ccc4ccccc4c3)cc2-c2cccc(N(c3ccc4ccccc4c3)c3ccc4ccccc4c3)c2)cc1. The van der Waals surface area contributed by atoms with E-state index >= 15 is 0 Å². The maximum atomic E-state index is 2.40. The molecule has 0 amide bonds. The van der Waals surface area contributed by atoms with Gasteiger partial charge in [-0.2, -0.15) is 0 Å². The molecular formula is C58H40N2. The van der Waals surface area contributed by atoms with E-state index in [1.807, 2.05) is 0 Å². The number of fused-ring (bicyclic) bond motifs is 4. The van der Waals surface area contributed by atoms with Gasteiger partial charge in [-0.15, -0.1) is 0 Å². The average molecular weight is 765 g/mol. The Morgan fingerprint density at radius 3 is 0.950 bits per heavy atom. The Hall–Kier alpha value is -7.94. The molecule has 0 radical (unpaired) electrons. The number of benzene rings is 11. The largest absolute Gasteiger partial charge is 0.310 e. The first kappa shape index (κ1) is 35.2. The van der Waals surface area contributed by atoms with Gasteiger partial charge in [0.05, 0.1) is 0 Å². The molecule has 2 heteroatoms. The molecule has 0 bridgehead atoms. The van der Waals surface area contributed by atoms with Crippen LogP contribution in [-0.4, -0.2) is 0 Å². The van der Waals surface area contributed by atoms with Crippen LogP contribution in [0.1, 0.15) is 0 Å². The maximum Gasteiger partial charge on any atom is 0.0468 e. The van der Waals surface area contributed by atoms with E-state index in [0.717, 1.165) is 45.3 Å². The molecule has 11 aromatic rings. The molecular weight excluding hydrogens is 725 g/mol. The number of nitrogens with zero attached hydrogens (tertiary/aromatic N) is 2. The van der Waals surface area contributed by atoms with Crippen LogP contribution >= 0.6 is 0 Å². The van der Waals surface area contributed by atoms with Crippen molar-refractivity contribution in [2.75, 3.05) is 9.80 Å². The molecule has 0 heterocycles. The Labute approximate surface area is 350 Å². The van der Waals surface area contributed by atoms with E-state index in [4.69, 9.17) is 0 Å². The Morgan fingerprint density at radius 2 is 0.517 bits per heavy atom. The van der Waals surface area contributed by atoms with Crippen LogP contribution in [-0.2, 0) is 0 Å². The van der Waals surface area contributed by atoms with Gasteiger partial charge in [-0.3, -0.25) is 0 Å². The molecule has 0 saturated carbocycles. The summed E-state index contributed by atoms with van der Waals surface area (Å²) < 4.78 is 0. The predicted octanol–water partition coefficient (Wildman–Crippen LogP) is 16.6. The molecule has 282 valence electrons. The quantitative estimate of drug-likeness (QED) is 0.152. The third-order valence-electron chi connectivity index (χ3n) is 11.7. The van der Waals surface area contributed by atoms with Crippen molar-refractivity contribution < 1.29 is 0 Å². The molecule has 0 aromatic heterocycles. The van der Waals surface area contributed by atoms with Crippen LogP contribution in [0.2, 0.25) is 0 Å². The smallest absolute Gasteiger partial charge is 0.0468 e. The van der Waals surface area contributed by atoms with Gasteiger partial charge in [0, 0.05) is 34.1 Å². The number of anilines is 6. The van der Waals surface area contributed by atoms with Gasteiger partial charge < -0.3 is 9.80 Å². The molecule has 11 aromatic carbocycles. The highest BCUT2D eigenvalue weighted by Crippen LogP contribution is 2.44. The zero-order chi connectivity index (χ0) is 39.8. The number of hydrogen-bond donors (Lipinski definition) is 0. The Morgan fingerprint density at radius 1 is 0.183 bits per heavy atom. The van der Waals surface area contributed by atoms with Crippen LogP contribution in [0.5, 0.6) is 0 Å². The van der Waals surface area contributed by atoms with Crippen LogP contribution in [0.15, 0.2) is 243 Å². The van der Waals surface area contributed by atoms with Gasteiger partial charge in [0.25, 0.3) is 0 Å². The first-order valence-electron chi connectivity index (χ1n) is 20.6. The zero-order valence-electron chi connectivity index (χ0n) is 33.0. The molecule has 11 rings (SSSR count). The first-order chi connectivity index (χ1) is 29.7. The minimum Gasteiger partial charge on any atom is -0.310 e. The van der Waals surface area contributed by atoms with Crippen LogP contribution in [0, 0.1) is 0 Å². The molecule has 0 atom stereocenters. The van der Waals surface area contributed by atoms with Crippen molar-refractivity contribution in [3.63, 3.8) is 0 Å². The van der Waals surface area contributed by atoms with E-state index in [0.29, 0.717) is 0 Å². The monoisotopic (exact) mass is 764 g/mol. The summed E-state index contributed by atoms with van der Waals surface area (Å²) in [6, 6.07) is 88.2. The summed E-state index contributed by atoms with van der Waals surface area (Å²) in [7, 11) is 0. The van der Waals surface area contributed by atoms with Crippen LogP contribution in [0.3, 0.4) is 0 Å². The fraction of sp³-hybridized carbons (Fsp3) is 0. The Kier molecular flexibility index (Phi) is 8.87. The fourth-order valence-electron chi connectivity index (χ4n) is 8.75. The van der Waals surface area contributed by atoms with Gasteiger partial charge in [0.2, 0.25) is 0 Å². The van der Waals surface area contributed by atoms with E-state index < -0.39 is 0 Å². The van der Waals surface area contributed by atoms with E-state index in [2.05, 4.69) is 252 Å². The third kappa shape index (κ3) is 6.61. The fourth-order valence-corrected chi connectivity index (χ4v) is 8.75. The molecule has 0 aliphatic heterocycles. The van der Waals surface area contributed by atoms with E-state index in [9.17, 15) is 0 Å². The molecule has 0 unspecified atom stereocenters. The highest BCUT2D eigenvalue weighted by Gasteiger charge is 2.20. The van der Waals surface area contributed by atoms with Gasteiger partial charge in [0.15, 0.2) is 0 Å². The second-order valence-corrected chi connectivity index (χ2v) is 15.4. The normalized spacial score (nSPS) is 11.3. The Balaban J connectivity index is 1.11. The highest BCUT2D eigenvalue weighted by molar-refractivity contribution is 5.97. The van der Waals surface area contributed by atoms with Crippen molar-refractivity contribution in [3.05, 3.63) is 243 Å². The second-order valence-electron chi connectivity index (χ2n) is 15.4. The van der Waals surface area contributed by atoms with E-state index in [1.165, 1.54) is 54.2 Å². The zero-order valence-corrected chi connectivity index (χ0v) is 33.0. The average Bonchev–Trinajstić information content (AvgIpc) is 3.32. The Bertz CT molecular complexity index is 3190. The summed E-state index contributed by atoms with van der Waals surface area (Å²) in [6.45, 7) is 0. The van der Waals surface area contributed by atoms with Crippen LogP contribution in [0.4, 0.5) is 34.1 Å². The van der Waals surface area contributed by atoms with Gasteiger partial charge in [0.1, 0.15) is 0 Å². The summed E-state index contributed by atoms with van der Waals surface area (Å²) >= 11 is 0. The molecule has 0 fully saturated rings. The summed E-state index contributed by atoms with van der Waals surface area (Å²) in [6.07, 6.45) is 0. The lowest BCUT2D eigenvalue weighted by molar-refractivity contribution is 1.29. The lowest BCUT2D eigenvalue weighted by Gasteiger charge is -2.28. The molecule has 0 N–H and O–H groups in total. The van der Waals surface area contributed by atoms with Gasteiger partial charge in [-0.05, 0) is 138 Å². The van der Waals surface area contributed by atoms with E-state index in [-0.39, 0.29) is 0 Å². The molecule has 0 aliphatic carbocycles. The van der Waals surface area contributed by atoms with Gasteiger partial charge in [-0.25, -0.2) is 0 Å². The molecule has 0 aliphatic rings. The molecule has 0 saturated heterocycles. The topological polar surface area (TPSA) is 6.48 Å². The van der Waals surface area contributed by atoms with Crippen molar-refractivity contribution in [2.24, 2.45) is 0 Å². The second kappa shape index (κ2) is 15.1. The van der Waals surface area contributed by atoms with Crippen molar-refractivity contribution in [2.45, 2.75) is 0 Å². The first-order valence-corrected chi connectivity index (χ1v) is 20.6. The van der Waals surface area contributed by atoms with Crippen LogP contribution in [0.25, 0.3) is 65.3 Å². The minimum atomic E-state index is 1.08. The summed E-state index contributed by atoms with van der Waals surface area (Å²) in [5.41, 5.74) is 11.2. The summed E-state index contributed by atoms with van der Waals surface area (Å²) in [5.74, 6) is 0.